The van der Waals surface area contributed by atoms with E-state index in [-0.39, 0.29) is 30.4 Å². The second kappa shape index (κ2) is 34.2. The molecule has 1 atom stereocenters. The van der Waals surface area contributed by atoms with Crippen molar-refractivity contribution < 1.29 is 38.0 Å². The molecule has 0 aromatic heterocycles. The predicted molar refractivity (Wildman–Crippen MR) is 170 cm³/mol. The van der Waals surface area contributed by atoms with Crippen LogP contribution < -0.4 is 4.74 Å². The average Bonchev–Trinajstić information content (AvgIpc) is 3.37. The molecule has 40 heavy (non-hydrogen) atoms. The van der Waals surface area contributed by atoms with Crippen LogP contribution in [0.1, 0.15) is 104 Å². The van der Waals surface area contributed by atoms with Gasteiger partial charge in [0.1, 0.15) is 17.4 Å². The number of esters is 1. The summed E-state index contributed by atoms with van der Waals surface area (Å²) in [5.41, 5.74) is 3.89. The number of carbonyl (C=O) groups excluding carboxylic acids is 2. The van der Waals surface area contributed by atoms with Gasteiger partial charge in [0.05, 0.1) is 0 Å². The molecule has 0 spiro atoms. The van der Waals surface area contributed by atoms with Crippen LogP contribution in [0.25, 0.3) is 0 Å². The Morgan fingerprint density at radius 1 is 0.750 bits per heavy atom. The molecule has 3 aromatic carbocycles. The van der Waals surface area contributed by atoms with E-state index >= 15 is 0 Å². The minimum atomic E-state index is -0.272. The first kappa shape index (κ1) is 47.0. The van der Waals surface area contributed by atoms with E-state index in [1.807, 2.05) is 136 Å². The zero-order chi connectivity index (χ0) is 31.2. The number of ether oxygens (including phenoxy) is 1. The van der Waals surface area contributed by atoms with Crippen molar-refractivity contribution in [2.45, 2.75) is 95.4 Å². The predicted octanol–water partition coefficient (Wildman–Crippen LogP) is 10.2. The second-order valence-electron chi connectivity index (χ2n) is 6.54. The molecule has 223 valence electrons. The Kier molecular flexibility index (Phi) is 40.2. The van der Waals surface area contributed by atoms with Crippen LogP contribution in [0, 0.1) is 20.8 Å². The van der Waals surface area contributed by atoms with E-state index in [0.29, 0.717) is 12.2 Å². The van der Waals surface area contributed by atoms with Crippen molar-refractivity contribution >= 4 is 12.3 Å². The second-order valence-corrected chi connectivity index (χ2v) is 6.54. The fraction of sp³-hybridized carbons (Fsp3) is 0.400. The molecule has 0 fully saturated rings. The summed E-state index contributed by atoms with van der Waals surface area (Å²) in [7, 11) is 0. The normalized spacial score (nSPS) is 10.7. The van der Waals surface area contributed by atoms with Gasteiger partial charge >= 0.3 is 24.5 Å². The van der Waals surface area contributed by atoms with Crippen LogP contribution in [0.15, 0.2) is 72.8 Å². The van der Waals surface area contributed by atoms with Gasteiger partial charge in [0.2, 0.25) is 0 Å². The van der Waals surface area contributed by atoms with Crippen molar-refractivity contribution in [3.8, 4) is 11.5 Å². The van der Waals surface area contributed by atoms with Crippen molar-refractivity contribution in [1.29, 1.82) is 0 Å². The van der Waals surface area contributed by atoms with Gasteiger partial charge in [0.25, 0.3) is 0 Å². The van der Waals surface area contributed by atoms with Crippen LogP contribution in [0.4, 0.5) is 0 Å². The van der Waals surface area contributed by atoms with Gasteiger partial charge in [0.15, 0.2) is 0 Å². The van der Waals surface area contributed by atoms with Gasteiger partial charge in [-0.2, -0.15) is 13.3 Å². The molecule has 0 bridgehead atoms. The zero-order valence-electron chi connectivity index (χ0n) is 27.0. The SMILES string of the molecule is CC.CC.CC.CC.CC[C-]=O.Cc1cccc2c1OC(=O)C2c1ccccc1.Cc1ccccc1O.[CH2-]C.[V+2]. The van der Waals surface area contributed by atoms with Gasteiger partial charge in [-0.1, -0.05) is 129 Å². The molecule has 4 nitrogen and oxygen atoms in total. The fourth-order valence-corrected chi connectivity index (χ4v) is 2.85. The maximum Gasteiger partial charge on any atom is 2.00 e. The van der Waals surface area contributed by atoms with Crippen molar-refractivity contribution in [3.05, 3.63) is 102 Å². The van der Waals surface area contributed by atoms with E-state index < -0.39 is 0 Å². The number of rotatable bonds is 2. The molecule has 0 saturated carbocycles. The molecule has 3 aromatic rings. The van der Waals surface area contributed by atoms with Crippen molar-refractivity contribution in [1.82, 2.24) is 0 Å². The maximum atomic E-state index is 12.0. The van der Waals surface area contributed by atoms with E-state index in [4.69, 9.17) is 14.6 Å². The Labute approximate surface area is 258 Å². The number of benzene rings is 3. The number of fused-ring (bicyclic) bond motifs is 1. The zero-order valence-corrected chi connectivity index (χ0v) is 28.4. The number of carbonyl (C=O) groups is 1. The van der Waals surface area contributed by atoms with Crippen LogP contribution >= 0.6 is 0 Å². The van der Waals surface area contributed by atoms with Gasteiger partial charge in [0, 0.05) is 5.56 Å². The van der Waals surface area contributed by atoms with Crippen molar-refractivity contribution in [3.63, 3.8) is 0 Å². The molecule has 1 heterocycles. The van der Waals surface area contributed by atoms with Crippen LogP contribution in [0.3, 0.4) is 0 Å². The van der Waals surface area contributed by atoms with Gasteiger partial charge in [-0.15, -0.1) is 0 Å². The van der Waals surface area contributed by atoms with E-state index in [0.717, 1.165) is 28.0 Å². The Morgan fingerprint density at radius 2 is 1.18 bits per heavy atom. The smallest absolute Gasteiger partial charge is 0.542 e. The number of phenolic OH excluding ortho intramolecular Hbond substituents is 1. The molecule has 1 unspecified atom stereocenters. The number of para-hydroxylation sites is 2. The Bertz CT molecular complexity index is 936. The summed E-state index contributed by atoms with van der Waals surface area (Å²) in [6, 6.07) is 22.9. The molecular weight excluding hydrogens is 535 g/mol. The van der Waals surface area contributed by atoms with Crippen LogP contribution in [0.2, 0.25) is 0 Å². The van der Waals surface area contributed by atoms with Gasteiger partial charge in [-0.3, -0.25) is 11.1 Å². The third-order valence-electron chi connectivity index (χ3n) is 4.38. The minimum Gasteiger partial charge on any atom is -0.542 e. The molecule has 0 amide bonds. The number of hydrogen-bond acceptors (Lipinski definition) is 4. The standard InChI is InChI=1S/C15H12O2.C7H8O.C3H5O.4C2H6.C2H5.V/c1-10-6-5-9-12-13(15(16)17-14(10)12)11-7-3-2-4-8-11;1-6-4-2-3-5-7(6)8;1-2-3-4;5*1-2;/h2-9,13H,1H3;2-5,8H,1H3;2H2,1H3;4*1-2H3;1H2,2H3;/q;;-1;;;;;-1;+2. The molecule has 0 saturated heterocycles. The first-order valence-electron chi connectivity index (χ1n) is 14.2. The van der Waals surface area contributed by atoms with Crippen molar-refractivity contribution in [2.24, 2.45) is 0 Å². The molecule has 1 aliphatic heterocycles. The first-order valence-corrected chi connectivity index (χ1v) is 14.2. The van der Waals surface area contributed by atoms with Gasteiger partial charge < -0.3 is 21.6 Å². The molecule has 0 aliphatic carbocycles. The average molecular weight is 590 g/mol. The number of hydrogen-bond donors (Lipinski definition) is 1. The summed E-state index contributed by atoms with van der Waals surface area (Å²) in [5, 5.41) is 8.92. The Balaban J connectivity index is -0.000000151. The van der Waals surface area contributed by atoms with E-state index in [9.17, 15) is 4.79 Å². The number of phenols is 1. The van der Waals surface area contributed by atoms with Gasteiger partial charge in [-0.05, 0) is 36.6 Å². The third-order valence-corrected chi connectivity index (χ3v) is 4.38. The molecule has 1 N–H and O–H groups in total. The summed E-state index contributed by atoms with van der Waals surface area (Å²) in [6.45, 7) is 26.6. The van der Waals surface area contributed by atoms with Crippen LogP contribution in [0.5, 0.6) is 11.5 Å². The number of aromatic hydroxyl groups is 1. The number of aryl methyl sites for hydroxylation is 2. The van der Waals surface area contributed by atoms with Crippen LogP contribution in [-0.2, 0) is 28.1 Å². The molecule has 4 rings (SSSR count). The van der Waals surface area contributed by atoms with E-state index in [2.05, 4.69) is 6.92 Å². The van der Waals surface area contributed by atoms with E-state index in [1.165, 1.54) is 0 Å². The first-order chi connectivity index (χ1) is 19.0. The quantitative estimate of drug-likeness (QED) is 0.183. The molecular formula is C35H54O4V. The largest absolute Gasteiger partial charge is 2.00 e. The van der Waals surface area contributed by atoms with Gasteiger partial charge in [-0.25, -0.2) is 0 Å². The Morgan fingerprint density at radius 3 is 1.57 bits per heavy atom. The Hall–Kier alpha value is -2.82. The monoisotopic (exact) mass is 589 g/mol. The summed E-state index contributed by atoms with van der Waals surface area (Å²) in [5.74, 6) is 0.644. The topological polar surface area (TPSA) is 63.6 Å². The third kappa shape index (κ3) is 18.5. The molecule has 1 aliphatic rings. The minimum absolute atomic E-state index is 0. The van der Waals surface area contributed by atoms with Crippen molar-refractivity contribution in [2.75, 3.05) is 0 Å². The molecule has 5 heteroatoms. The fourth-order valence-electron chi connectivity index (χ4n) is 2.85. The van der Waals surface area contributed by atoms with Crippen LogP contribution in [-0.4, -0.2) is 17.4 Å². The van der Waals surface area contributed by atoms with E-state index in [1.54, 1.807) is 26.2 Å². The summed E-state index contributed by atoms with van der Waals surface area (Å²) in [4.78, 5) is 21.0. The summed E-state index contributed by atoms with van der Waals surface area (Å²) >= 11 is 0. The summed E-state index contributed by atoms with van der Waals surface area (Å²) in [6.07, 6.45) is 2.19. The maximum absolute atomic E-state index is 12.0. The summed E-state index contributed by atoms with van der Waals surface area (Å²) < 4.78 is 5.37. The molecule has 1 radical (unpaired) electrons.